The highest BCUT2D eigenvalue weighted by molar-refractivity contribution is 7.89. The molecule has 0 aliphatic heterocycles. The minimum Gasteiger partial charge on any atom is -0.493 e. The second-order valence-corrected chi connectivity index (χ2v) is 10.9. The maximum atomic E-state index is 13.1. The molecule has 4 aromatic rings. The van der Waals surface area contributed by atoms with Crippen molar-refractivity contribution in [3.8, 4) is 11.5 Å². The Balaban J connectivity index is 1.39. The van der Waals surface area contributed by atoms with E-state index in [1.165, 1.54) is 37.6 Å². The highest BCUT2D eigenvalue weighted by Gasteiger charge is 2.23. The fraction of sp³-hybridized carbons (Fsp3) is 0.161. The van der Waals surface area contributed by atoms with Gasteiger partial charge in [0.15, 0.2) is 11.5 Å². The quantitative estimate of drug-likeness (QED) is 0.177. The lowest BCUT2D eigenvalue weighted by Crippen LogP contribution is -2.32. The number of amides is 1. The number of methoxy groups -OCH3 is 1. The third-order valence-corrected chi connectivity index (χ3v) is 7.61. The normalized spacial score (nSPS) is 12.2. The molecule has 8 nitrogen and oxygen atoms in total. The van der Waals surface area contributed by atoms with Gasteiger partial charge in [-0.1, -0.05) is 60.2 Å². The Bertz CT molecular complexity index is 1590. The molecule has 0 fully saturated rings. The first-order valence-electron chi connectivity index (χ1n) is 12.7. The van der Waals surface area contributed by atoms with Gasteiger partial charge in [0.2, 0.25) is 15.9 Å². The van der Waals surface area contributed by atoms with E-state index < -0.39 is 22.0 Å². The third kappa shape index (κ3) is 8.47. The number of halogens is 1. The van der Waals surface area contributed by atoms with E-state index in [2.05, 4.69) is 15.2 Å². The molecule has 0 spiro atoms. The van der Waals surface area contributed by atoms with Gasteiger partial charge in [-0.15, -0.1) is 0 Å². The molecule has 0 heterocycles. The summed E-state index contributed by atoms with van der Waals surface area (Å²) in [4.78, 5) is 12.9. The van der Waals surface area contributed by atoms with Gasteiger partial charge in [0, 0.05) is 6.42 Å². The first-order chi connectivity index (χ1) is 19.7. The van der Waals surface area contributed by atoms with Crippen molar-refractivity contribution in [1.29, 1.82) is 0 Å². The lowest BCUT2D eigenvalue weighted by molar-refractivity contribution is -0.121. The van der Waals surface area contributed by atoms with Crippen LogP contribution in [0.3, 0.4) is 0 Å². The summed E-state index contributed by atoms with van der Waals surface area (Å²) >= 11 is 0. The van der Waals surface area contributed by atoms with E-state index in [9.17, 15) is 17.6 Å². The molecule has 0 bridgehead atoms. The summed E-state index contributed by atoms with van der Waals surface area (Å²) in [7, 11) is -2.38. The van der Waals surface area contributed by atoms with Crippen LogP contribution in [0.5, 0.6) is 11.5 Å². The molecule has 0 radical (unpaired) electrons. The lowest BCUT2D eigenvalue weighted by Gasteiger charge is -2.18. The molecule has 212 valence electrons. The summed E-state index contributed by atoms with van der Waals surface area (Å²) < 4.78 is 53.0. The third-order valence-electron chi connectivity index (χ3n) is 6.12. The number of hydrazone groups is 1. The Kier molecular flexibility index (Phi) is 9.83. The van der Waals surface area contributed by atoms with Gasteiger partial charge in [0.1, 0.15) is 12.4 Å². The molecule has 0 saturated heterocycles. The summed E-state index contributed by atoms with van der Waals surface area (Å²) in [5.74, 6) is 0.149. The van der Waals surface area contributed by atoms with Crippen molar-refractivity contribution in [2.45, 2.75) is 30.9 Å². The van der Waals surface area contributed by atoms with Crippen LogP contribution < -0.4 is 19.6 Å². The van der Waals surface area contributed by atoms with Gasteiger partial charge < -0.3 is 9.47 Å². The minimum atomic E-state index is -3.88. The van der Waals surface area contributed by atoms with E-state index in [0.29, 0.717) is 22.6 Å². The maximum absolute atomic E-state index is 13.1. The summed E-state index contributed by atoms with van der Waals surface area (Å²) in [5, 5.41) is 4.03. The average Bonchev–Trinajstić information content (AvgIpc) is 2.97. The van der Waals surface area contributed by atoms with Crippen molar-refractivity contribution in [1.82, 2.24) is 10.1 Å². The molecule has 0 saturated carbocycles. The summed E-state index contributed by atoms with van der Waals surface area (Å²) in [6.07, 6.45) is 1.27. The van der Waals surface area contributed by atoms with Gasteiger partial charge in [-0.3, -0.25) is 4.79 Å². The number of sulfonamides is 1. The number of hydrogen-bond acceptors (Lipinski definition) is 6. The number of carbonyl (C=O) groups excluding carboxylic acids is 1. The molecule has 41 heavy (non-hydrogen) atoms. The van der Waals surface area contributed by atoms with Gasteiger partial charge in [-0.05, 0) is 66.1 Å². The molecule has 2 N–H and O–H groups in total. The van der Waals surface area contributed by atoms with Gasteiger partial charge in [-0.2, -0.15) is 5.10 Å². The smallest absolute Gasteiger partial charge is 0.242 e. The zero-order valence-electron chi connectivity index (χ0n) is 22.6. The van der Waals surface area contributed by atoms with Crippen molar-refractivity contribution >= 4 is 22.1 Å². The minimum absolute atomic E-state index is 0.112. The number of nitrogens with zero attached hydrogens (tertiary/aromatic N) is 1. The molecular formula is C31H30FN3O5S. The molecule has 0 aromatic heterocycles. The van der Waals surface area contributed by atoms with E-state index in [-0.39, 0.29) is 23.7 Å². The number of nitrogens with one attached hydrogen (secondary N) is 2. The Hall–Kier alpha value is -4.54. The Morgan fingerprint density at radius 1 is 0.951 bits per heavy atom. The Labute approximate surface area is 238 Å². The summed E-state index contributed by atoms with van der Waals surface area (Å²) in [6, 6.07) is 25.7. The molecular weight excluding hydrogens is 545 g/mol. The van der Waals surface area contributed by atoms with Crippen LogP contribution in [0.25, 0.3) is 0 Å². The SMILES string of the molecule is COc1cc(/C=N\NC(=O)C[C@@H](NS(=O)(=O)c2ccc(C)cc2)c2ccccc2)ccc1OCc1ccc(F)cc1. The fourth-order valence-electron chi connectivity index (χ4n) is 3.92. The predicted molar refractivity (Wildman–Crippen MR) is 155 cm³/mol. The number of rotatable bonds is 12. The topological polar surface area (TPSA) is 106 Å². The number of hydrogen-bond donors (Lipinski definition) is 2. The molecule has 0 aliphatic rings. The van der Waals surface area contributed by atoms with E-state index in [1.807, 2.05) is 13.0 Å². The molecule has 4 rings (SSSR count). The standard InChI is InChI=1S/C31H30FN3O5S/c1-22-8-15-27(16-9-22)41(37,38)35-28(25-6-4-3-5-7-25)19-31(36)34-33-20-24-12-17-29(30(18-24)39-2)40-21-23-10-13-26(32)14-11-23/h3-18,20,28,35H,19,21H2,1-2H3,(H,34,36)/b33-20-/t28-/m1/s1. The molecule has 0 aliphatic carbocycles. The second kappa shape index (κ2) is 13.7. The number of ether oxygens (including phenoxy) is 2. The summed E-state index contributed by atoms with van der Waals surface area (Å²) in [6.45, 7) is 2.10. The van der Waals surface area contributed by atoms with Gasteiger partial charge in [0.25, 0.3) is 0 Å². The second-order valence-electron chi connectivity index (χ2n) is 9.22. The van der Waals surface area contributed by atoms with Crippen LogP contribution in [-0.4, -0.2) is 27.6 Å². The van der Waals surface area contributed by atoms with Crippen LogP contribution in [-0.2, 0) is 21.4 Å². The zero-order chi connectivity index (χ0) is 29.2. The molecule has 1 amide bonds. The first-order valence-corrected chi connectivity index (χ1v) is 14.2. The average molecular weight is 576 g/mol. The number of carbonyl (C=O) groups is 1. The van der Waals surface area contributed by atoms with Crippen molar-refractivity contribution in [3.63, 3.8) is 0 Å². The van der Waals surface area contributed by atoms with Crippen LogP contribution in [0, 0.1) is 12.7 Å². The van der Waals surface area contributed by atoms with E-state index in [1.54, 1.807) is 66.7 Å². The number of aryl methyl sites for hydroxylation is 1. The Morgan fingerprint density at radius 3 is 2.34 bits per heavy atom. The predicted octanol–water partition coefficient (Wildman–Crippen LogP) is 5.28. The zero-order valence-corrected chi connectivity index (χ0v) is 23.4. The van der Waals surface area contributed by atoms with Gasteiger partial charge in [0.05, 0.1) is 24.3 Å². The Morgan fingerprint density at radius 2 is 1.66 bits per heavy atom. The van der Waals surface area contributed by atoms with Crippen LogP contribution in [0.15, 0.2) is 107 Å². The van der Waals surface area contributed by atoms with Gasteiger partial charge in [-0.25, -0.2) is 23.0 Å². The van der Waals surface area contributed by atoms with E-state index in [4.69, 9.17) is 9.47 Å². The van der Waals surface area contributed by atoms with Crippen LogP contribution >= 0.6 is 0 Å². The van der Waals surface area contributed by atoms with Crippen molar-refractivity contribution in [3.05, 3.63) is 125 Å². The number of benzene rings is 4. The fourth-order valence-corrected chi connectivity index (χ4v) is 5.15. The maximum Gasteiger partial charge on any atom is 0.242 e. The van der Waals surface area contributed by atoms with Crippen LogP contribution in [0.2, 0.25) is 0 Å². The highest BCUT2D eigenvalue weighted by Crippen LogP contribution is 2.28. The van der Waals surface area contributed by atoms with Crippen molar-refractivity contribution in [2.24, 2.45) is 5.10 Å². The highest BCUT2D eigenvalue weighted by atomic mass is 32.2. The van der Waals surface area contributed by atoms with Crippen LogP contribution in [0.1, 0.15) is 34.7 Å². The molecule has 1 atom stereocenters. The van der Waals surface area contributed by atoms with Crippen molar-refractivity contribution < 1.29 is 27.1 Å². The van der Waals surface area contributed by atoms with Gasteiger partial charge >= 0.3 is 0 Å². The first kappa shape index (κ1) is 29.4. The molecule has 10 heteroatoms. The molecule has 0 unspecified atom stereocenters. The van der Waals surface area contributed by atoms with E-state index >= 15 is 0 Å². The van der Waals surface area contributed by atoms with E-state index in [0.717, 1.165) is 11.1 Å². The lowest BCUT2D eigenvalue weighted by atomic mass is 10.0. The monoisotopic (exact) mass is 575 g/mol. The van der Waals surface area contributed by atoms with Crippen LogP contribution in [0.4, 0.5) is 4.39 Å². The summed E-state index contributed by atoms with van der Waals surface area (Å²) in [5.41, 5.74) is 5.48. The molecule has 4 aromatic carbocycles. The largest absolute Gasteiger partial charge is 0.493 e. The van der Waals surface area contributed by atoms with Crippen molar-refractivity contribution in [2.75, 3.05) is 7.11 Å².